The zero-order chi connectivity index (χ0) is 20.4. The van der Waals surface area contributed by atoms with E-state index in [2.05, 4.69) is 15.7 Å². The van der Waals surface area contributed by atoms with E-state index in [-0.39, 0.29) is 16.8 Å². The van der Waals surface area contributed by atoms with E-state index in [1.807, 2.05) is 23.1 Å². The largest absolute Gasteiger partial charge is 0.311 e. The minimum atomic E-state index is -3.67. The minimum Gasteiger partial charge on any atom is -0.311 e. The monoisotopic (exact) mass is 417 g/mol. The summed E-state index contributed by atoms with van der Waals surface area (Å²) < 4.78 is 40.6. The Bertz CT molecular complexity index is 986. The summed E-state index contributed by atoms with van der Waals surface area (Å²) in [5.74, 6) is -0.386. The summed E-state index contributed by atoms with van der Waals surface area (Å²) in [5, 5.41) is 0. The van der Waals surface area contributed by atoms with Gasteiger partial charge in [0.15, 0.2) is 0 Å². The van der Waals surface area contributed by atoms with Gasteiger partial charge in [-0.2, -0.15) is 0 Å². The van der Waals surface area contributed by atoms with Crippen LogP contribution >= 0.6 is 0 Å². The summed E-state index contributed by atoms with van der Waals surface area (Å²) in [6.45, 7) is 2.35. The van der Waals surface area contributed by atoms with Crippen molar-refractivity contribution in [2.24, 2.45) is 0 Å². The van der Waals surface area contributed by atoms with Crippen LogP contribution in [0.2, 0.25) is 0 Å². The van der Waals surface area contributed by atoms with E-state index < -0.39 is 15.8 Å². The standard InChI is InChI=1S/C21H24FN3O3S/c22-17-5-7-19(8-6-17)29(27,28)23-18-10-12-24(13-11-18)15-21(26)25-14-9-16-3-1-2-4-20(16)25/h1-8,18,23H,9-15H2. The third-order valence-corrected chi connectivity index (χ3v) is 7.12. The first-order valence-corrected chi connectivity index (χ1v) is 11.3. The number of sulfonamides is 1. The number of fused-ring (bicyclic) bond motifs is 1. The second kappa shape index (κ2) is 8.22. The number of piperidine rings is 1. The first kappa shape index (κ1) is 20.0. The SMILES string of the molecule is O=C(CN1CCC(NS(=O)(=O)c2ccc(F)cc2)CC1)N1CCc2ccccc21. The molecule has 2 heterocycles. The van der Waals surface area contributed by atoms with E-state index in [1.165, 1.54) is 17.7 Å². The first-order valence-electron chi connectivity index (χ1n) is 9.81. The fourth-order valence-corrected chi connectivity index (χ4v) is 5.29. The minimum absolute atomic E-state index is 0.0595. The van der Waals surface area contributed by atoms with Crippen LogP contribution in [0, 0.1) is 5.82 Å². The molecule has 0 aromatic heterocycles. The Hall–Kier alpha value is -2.29. The van der Waals surface area contributed by atoms with Crippen LogP contribution in [0.1, 0.15) is 18.4 Å². The molecule has 2 aliphatic heterocycles. The number of amides is 1. The molecule has 1 N–H and O–H groups in total. The van der Waals surface area contributed by atoms with Crippen LogP contribution in [0.5, 0.6) is 0 Å². The van der Waals surface area contributed by atoms with Crippen molar-refractivity contribution in [2.75, 3.05) is 31.1 Å². The van der Waals surface area contributed by atoms with Gasteiger partial charge in [0.1, 0.15) is 5.82 Å². The molecule has 0 spiro atoms. The molecular formula is C21H24FN3O3S. The van der Waals surface area contributed by atoms with Gasteiger partial charge in [0.2, 0.25) is 15.9 Å². The third kappa shape index (κ3) is 4.49. The van der Waals surface area contributed by atoms with Crippen LogP contribution in [0.3, 0.4) is 0 Å². The molecule has 2 aliphatic rings. The molecule has 1 saturated heterocycles. The average Bonchev–Trinajstić information content (AvgIpc) is 3.14. The second-order valence-electron chi connectivity index (χ2n) is 7.55. The van der Waals surface area contributed by atoms with Gasteiger partial charge in [-0.25, -0.2) is 17.5 Å². The molecule has 0 unspecified atom stereocenters. The molecule has 154 valence electrons. The van der Waals surface area contributed by atoms with Crippen molar-refractivity contribution in [3.63, 3.8) is 0 Å². The Morgan fingerprint density at radius 3 is 2.45 bits per heavy atom. The van der Waals surface area contributed by atoms with E-state index in [1.54, 1.807) is 0 Å². The van der Waals surface area contributed by atoms with Crippen molar-refractivity contribution in [1.82, 2.24) is 9.62 Å². The molecule has 6 nitrogen and oxygen atoms in total. The van der Waals surface area contributed by atoms with E-state index in [0.29, 0.717) is 39.0 Å². The van der Waals surface area contributed by atoms with Gasteiger partial charge < -0.3 is 4.90 Å². The first-order chi connectivity index (χ1) is 13.9. The molecule has 2 aromatic carbocycles. The molecular weight excluding hydrogens is 393 g/mol. The van der Waals surface area contributed by atoms with Gasteiger partial charge >= 0.3 is 0 Å². The number of rotatable bonds is 5. The zero-order valence-corrected chi connectivity index (χ0v) is 16.9. The van der Waals surface area contributed by atoms with Gasteiger partial charge in [-0.05, 0) is 55.2 Å². The van der Waals surface area contributed by atoms with Crippen molar-refractivity contribution in [3.05, 3.63) is 59.9 Å². The van der Waals surface area contributed by atoms with Crippen molar-refractivity contribution in [1.29, 1.82) is 0 Å². The molecule has 1 fully saturated rings. The lowest BCUT2D eigenvalue weighted by molar-refractivity contribution is -0.119. The number of nitrogens with one attached hydrogen (secondary N) is 1. The lowest BCUT2D eigenvalue weighted by Crippen LogP contribution is -2.47. The van der Waals surface area contributed by atoms with Crippen LogP contribution in [0.4, 0.5) is 10.1 Å². The Balaban J connectivity index is 1.30. The van der Waals surface area contributed by atoms with Gasteiger partial charge in [0.05, 0.1) is 11.4 Å². The number of likely N-dealkylation sites (tertiary alicyclic amines) is 1. The highest BCUT2D eigenvalue weighted by molar-refractivity contribution is 7.89. The highest BCUT2D eigenvalue weighted by Crippen LogP contribution is 2.27. The topological polar surface area (TPSA) is 69.7 Å². The quantitative estimate of drug-likeness (QED) is 0.810. The van der Waals surface area contributed by atoms with Crippen molar-refractivity contribution < 1.29 is 17.6 Å². The number of halogens is 1. The number of carbonyl (C=O) groups is 1. The number of anilines is 1. The summed E-state index contributed by atoms with van der Waals surface area (Å²) in [6.07, 6.45) is 2.14. The fourth-order valence-electron chi connectivity index (χ4n) is 3.98. The average molecular weight is 418 g/mol. The number of nitrogens with zero attached hydrogens (tertiary/aromatic N) is 2. The van der Waals surface area contributed by atoms with Crippen LogP contribution in [-0.2, 0) is 21.2 Å². The number of carbonyl (C=O) groups excluding carboxylic acids is 1. The summed E-state index contributed by atoms with van der Waals surface area (Å²) in [5.41, 5.74) is 2.20. The molecule has 8 heteroatoms. The number of hydrogen-bond acceptors (Lipinski definition) is 4. The Labute approximate surface area is 170 Å². The predicted octanol–water partition coefficient (Wildman–Crippen LogP) is 2.16. The summed E-state index contributed by atoms with van der Waals surface area (Å²) in [4.78, 5) is 16.7. The molecule has 0 aliphatic carbocycles. The molecule has 0 atom stereocenters. The molecule has 1 amide bonds. The van der Waals surface area contributed by atoms with E-state index in [0.717, 1.165) is 24.2 Å². The maximum absolute atomic E-state index is 13.0. The summed E-state index contributed by atoms with van der Waals surface area (Å²) in [7, 11) is -3.67. The highest BCUT2D eigenvalue weighted by atomic mass is 32.2. The van der Waals surface area contributed by atoms with Crippen molar-refractivity contribution in [2.45, 2.75) is 30.2 Å². The lowest BCUT2D eigenvalue weighted by atomic mass is 10.1. The van der Waals surface area contributed by atoms with E-state index in [9.17, 15) is 17.6 Å². The number of benzene rings is 2. The molecule has 29 heavy (non-hydrogen) atoms. The third-order valence-electron chi connectivity index (χ3n) is 5.58. The predicted molar refractivity (Wildman–Crippen MR) is 109 cm³/mol. The number of para-hydroxylation sites is 1. The highest BCUT2D eigenvalue weighted by Gasteiger charge is 2.29. The molecule has 4 rings (SSSR count). The van der Waals surface area contributed by atoms with E-state index >= 15 is 0 Å². The Morgan fingerprint density at radius 1 is 1.03 bits per heavy atom. The van der Waals surface area contributed by atoms with Gasteiger partial charge in [0, 0.05) is 31.4 Å². The molecule has 0 bridgehead atoms. The molecule has 2 aromatic rings. The van der Waals surface area contributed by atoms with Crippen LogP contribution in [-0.4, -0.2) is 51.4 Å². The van der Waals surface area contributed by atoms with Crippen molar-refractivity contribution in [3.8, 4) is 0 Å². The summed E-state index contributed by atoms with van der Waals surface area (Å²) >= 11 is 0. The zero-order valence-electron chi connectivity index (χ0n) is 16.1. The summed E-state index contributed by atoms with van der Waals surface area (Å²) in [6, 6.07) is 12.6. The smallest absolute Gasteiger partial charge is 0.241 e. The van der Waals surface area contributed by atoms with Gasteiger partial charge in [0.25, 0.3) is 0 Å². The van der Waals surface area contributed by atoms with Crippen LogP contribution in [0.25, 0.3) is 0 Å². The Morgan fingerprint density at radius 2 is 1.72 bits per heavy atom. The Kier molecular flexibility index (Phi) is 5.67. The van der Waals surface area contributed by atoms with Crippen LogP contribution in [0.15, 0.2) is 53.4 Å². The van der Waals surface area contributed by atoms with Gasteiger partial charge in [-0.1, -0.05) is 18.2 Å². The molecule has 0 radical (unpaired) electrons. The van der Waals surface area contributed by atoms with E-state index in [4.69, 9.17) is 0 Å². The van der Waals surface area contributed by atoms with Crippen molar-refractivity contribution >= 4 is 21.6 Å². The maximum atomic E-state index is 13.0. The number of hydrogen-bond donors (Lipinski definition) is 1. The normalized spacial score (nSPS) is 18.0. The van der Waals surface area contributed by atoms with Gasteiger partial charge in [-0.15, -0.1) is 0 Å². The van der Waals surface area contributed by atoms with Crippen LogP contribution < -0.4 is 9.62 Å². The maximum Gasteiger partial charge on any atom is 0.241 e. The second-order valence-corrected chi connectivity index (χ2v) is 9.26. The fraction of sp³-hybridized carbons (Fsp3) is 0.381. The lowest BCUT2D eigenvalue weighted by Gasteiger charge is -2.32. The molecule has 0 saturated carbocycles. The van der Waals surface area contributed by atoms with Gasteiger partial charge in [-0.3, -0.25) is 9.69 Å².